The van der Waals surface area contributed by atoms with Gasteiger partial charge in [-0.25, -0.2) is 9.78 Å². The van der Waals surface area contributed by atoms with Crippen LogP contribution in [0.25, 0.3) is 10.8 Å². The zero-order valence-corrected chi connectivity index (χ0v) is 21.2. The van der Waals surface area contributed by atoms with Gasteiger partial charge in [-0.15, -0.1) is 0 Å². The van der Waals surface area contributed by atoms with Crippen molar-refractivity contribution in [2.45, 2.75) is 19.6 Å². The van der Waals surface area contributed by atoms with E-state index in [0.717, 1.165) is 35.5 Å². The zero-order valence-electron chi connectivity index (χ0n) is 21.2. The van der Waals surface area contributed by atoms with Crippen molar-refractivity contribution in [2.75, 3.05) is 42.5 Å². The van der Waals surface area contributed by atoms with E-state index in [1.165, 1.54) is 16.5 Å². The Labute approximate surface area is 222 Å². The van der Waals surface area contributed by atoms with Gasteiger partial charge in [-0.2, -0.15) is 5.26 Å². The second-order valence-electron chi connectivity index (χ2n) is 9.75. The van der Waals surface area contributed by atoms with Gasteiger partial charge in [-0.3, -0.25) is 0 Å². The lowest BCUT2D eigenvalue weighted by atomic mass is 9.95. The Kier molecular flexibility index (Phi) is 6.53. The number of piperazine rings is 1. The molecule has 6 rings (SSSR count). The van der Waals surface area contributed by atoms with E-state index in [-0.39, 0.29) is 12.7 Å². The summed E-state index contributed by atoms with van der Waals surface area (Å²) in [7, 11) is 0. The molecular formula is C31H29N5O2. The number of aromatic nitrogens is 1. The number of amides is 1. The Morgan fingerprint density at radius 1 is 0.868 bits per heavy atom. The van der Waals surface area contributed by atoms with E-state index in [4.69, 9.17) is 9.72 Å². The topological polar surface area (TPSA) is 72.7 Å². The number of pyridine rings is 1. The zero-order chi connectivity index (χ0) is 25.9. The molecule has 1 amide bonds. The maximum Gasteiger partial charge on any atom is 0.410 e. The Morgan fingerprint density at radius 3 is 2.45 bits per heavy atom. The molecular weight excluding hydrogens is 474 g/mol. The maximum absolute atomic E-state index is 12.6. The molecule has 190 valence electrons. The minimum atomic E-state index is -0.283. The summed E-state index contributed by atoms with van der Waals surface area (Å²) in [6.45, 7) is 4.32. The maximum atomic E-state index is 12.6. The summed E-state index contributed by atoms with van der Waals surface area (Å²) >= 11 is 0. The molecule has 0 N–H and O–H groups in total. The van der Waals surface area contributed by atoms with Crippen LogP contribution in [0, 0.1) is 11.3 Å². The van der Waals surface area contributed by atoms with Crippen LogP contribution in [0.15, 0.2) is 79.0 Å². The smallest absolute Gasteiger partial charge is 0.410 e. The lowest BCUT2D eigenvalue weighted by molar-refractivity contribution is 0.0941. The SMILES string of the molecule is N#Cc1cnc(N2CCN(C(=O)OCc3ccccc3)CC2)c2c1CN(c1cccc3ccccc13)CC2. The number of hydrogen-bond acceptors (Lipinski definition) is 6. The van der Waals surface area contributed by atoms with Crippen molar-refractivity contribution in [3.8, 4) is 6.07 Å². The second-order valence-corrected chi connectivity index (χ2v) is 9.75. The number of nitrogens with zero attached hydrogens (tertiary/aromatic N) is 5. The standard InChI is InChI=1S/C31H29N5O2/c32-19-25-20-33-30(34-15-17-35(18-16-34)31(37)38-22-23-7-2-1-3-8-23)27-13-14-36(21-28(25)27)29-12-6-10-24-9-4-5-11-26(24)29/h1-12,20H,13-18,21-22H2. The average Bonchev–Trinajstić information content (AvgIpc) is 2.99. The van der Waals surface area contributed by atoms with E-state index >= 15 is 0 Å². The largest absolute Gasteiger partial charge is 0.445 e. The molecule has 1 saturated heterocycles. The van der Waals surface area contributed by atoms with Crippen LogP contribution in [0.3, 0.4) is 0 Å². The normalized spacial score (nSPS) is 15.2. The molecule has 0 atom stereocenters. The molecule has 0 aliphatic carbocycles. The fraction of sp³-hybridized carbons (Fsp3) is 0.258. The molecule has 2 aliphatic rings. The van der Waals surface area contributed by atoms with Crippen LogP contribution in [-0.4, -0.2) is 48.7 Å². The van der Waals surface area contributed by atoms with E-state index in [1.807, 2.05) is 30.3 Å². The molecule has 2 aliphatic heterocycles. The average molecular weight is 504 g/mol. The highest BCUT2D eigenvalue weighted by Gasteiger charge is 2.29. The Hall–Kier alpha value is -4.57. The highest BCUT2D eigenvalue weighted by molar-refractivity contribution is 5.94. The van der Waals surface area contributed by atoms with Crippen LogP contribution in [0.4, 0.5) is 16.3 Å². The first-order valence-corrected chi connectivity index (χ1v) is 13.1. The van der Waals surface area contributed by atoms with Crippen molar-refractivity contribution in [3.05, 3.63) is 101 Å². The van der Waals surface area contributed by atoms with Crippen LogP contribution in [0.5, 0.6) is 0 Å². The van der Waals surface area contributed by atoms with Gasteiger partial charge in [-0.1, -0.05) is 66.7 Å². The van der Waals surface area contributed by atoms with Gasteiger partial charge >= 0.3 is 6.09 Å². The predicted octanol–water partition coefficient (Wildman–Crippen LogP) is 5.13. The molecule has 0 bridgehead atoms. The van der Waals surface area contributed by atoms with Crippen LogP contribution in [0.1, 0.15) is 22.3 Å². The molecule has 1 fully saturated rings. The predicted molar refractivity (Wildman–Crippen MR) is 148 cm³/mol. The minimum Gasteiger partial charge on any atom is -0.445 e. The third-order valence-corrected chi connectivity index (χ3v) is 7.53. The van der Waals surface area contributed by atoms with Gasteiger partial charge in [0.25, 0.3) is 0 Å². The van der Waals surface area contributed by atoms with Gasteiger partial charge in [0, 0.05) is 62.1 Å². The van der Waals surface area contributed by atoms with Crippen molar-refractivity contribution in [2.24, 2.45) is 0 Å². The summed E-state index contributed by atoms with van der Waals surface area (Å²) in [5.74, 6) is 0.939. The quantitative estimate of drug-likeness (QED) is 0.385. The first-order chi connectivity index (χ1) is 18.7. The molecule has 0 radical (unpaired) electrons. The number of nitriles is 1. The van der Waals surface area contributed by atoms with E-state index in [2.05, 4.69) is 58.3 Å². The highest BCUT2D eigenvalue weighted by Crippen LogP contribution is 2.35. The number of rotatable bonds is 4. The number of hydrogen-bond donors (Lipinski definition) is 0. The van der Waals surface area contributed by atoms with E-state index in [1.54, 1.807) is 11.1 Å². The lowest BCUT2D eigenvalue weighted by Crippen LogP contribution is -2.49. The van der Waals surface area contributed by atoms with Gasteiger partial charge < -0.3 is 19.4 Å². The van der Waals surface area contributed by atoms with Crippen LogP contribution in [-0.2, 0) is 24.3 Å². The van der Waals surface area contributed by atoms with Gasteiger partial charge in [0.1, 0.15) is 18.5 Å². The van der Waals surface area contributed by atoms with Gasteiger partial charge in [-0.05, 0) is 29.0 Å². The molecule has 0 unspecified atom stereocenters. The second kappa shape index (κ2) is 10.4. The fourth-order valence-electron chi connectivity index (χ4n) is 5.51. The van der Waals surface area contributed by atoms with Gasteiger partial charge in [0.15, 0.2) is 0 Å². The number of carbonyl (C=O) groups excluding carboxylic acids is 1. The van der Waals surface area contributed by atoms with Crippen molar-refractivity contribution >= 4 is 28.4 Å². The molecule has 1 aromatic heterocycles. The number of carbonyl (C=O) groups is 1. The van der Waals surface area contributed by atoms with E-state index < -0.39 is 0 Å². The summed E-state index contributed by atoms with van der Waals surface area (Å²) in [6.07, 6.45) is 2.24. The molecule has 3 aromatic carbocycles. The first-order valence-electron chi connectivity index (χ1n) is 13.1. The van der Waals surface area contributed by atoms with E-state index in [0.29, 0.717) is 38.3 Å². The summed E-state index contributed by atoms with van der Waals surface area (Å²) < 4.78 is 5.52. The van der Waals surface area contributed by atoms with Crippen molar-refractivity contribution in [3.63, 3.8) is 0 Å². The van der Waals surface area contributed by atoms with Crippen LogP contribution < -0.4 is 9.80 Å². The molecule has 38 heavy (non-hydrogen) atoms. The summed E-state index contributed by atoms with van der Waals surface area (Å²) in [5, 5.41) is 12.3. The van der Waals surface area contributed by atoms with Gasteiger partial charge in [0.2, 0.25) is 0 Å². The summed E-state index contributed by atoms with van der Waals surface area (Å²) in [6, 6.07) is 26.9. The highest BCUT2D eigenvalue weighted by atomic mass is 16.6. The Bertz CT molecular complexity index is 1500. The molecule has 7 heteroatoms. The van der Waals surface area contributed by atoms with Gasteiger partial charge in [0.05, 0.1) is 5.56 Å². The molecule has 3 heterocycles. The fourth-order valence-corrected chi connectivity index (χ4v) is 5.51. The summed E-state index contributed by atoms with van der Waals surface area (Å²) in [4.78, 5) is 23.7. The van der Waals surface area contributed by atoms with Crippen molar-refractivity contribution in [1.29, 1.82) is 5.26 Å². The first kappa shape index (κ1) is 23.8. The Morgan fingerprint density at radius 2 is 1.63 bits per heavy atom. The third-order valence-electron chi connectivity index (χ3n) is 7.53. The minimum absolute atomic E-state index is 0.276. The summed E-state index contributed by atoms with van der Waals surface area (Å²) in [5.41, 5.74) is 5.02. The van der Waals surface area contributed by atoms with Crippen LogP contribution >= 0.6 is 0 Å². The monoisotopic (exact) mass is 503 g/mol. The van der Waals surface area contributed by atoms with Crippen LogP contribution in [0.2, 0.25) is 0 Å². The number of fused-ring (bicyclic) bond motifs is 2. The molecule has 0 saturated carbocycles. The molecule has 4 aromatic rings. The van der Waals surface area contributed by atoms with E-state index in [9.17, 15) is 10.1 Å². The lowest BCUT2D eigenvalue weighted by Gasteiger charge is -2.38. The number of anilines is 2. The number of ether oxygens (including phenoxy) is 1. The molecule has 0 spiro atoms. The van der Waals surface area contributed by atoms with Crippen molar-refractivity contribution < 1.29 is 9.53 Å². The van der Waals surface area contributed by atoms with Crippen molar-refractivity contribution in [1.82, 2.24) is 9.88 Å². The molecule has 7 nitrogen and oxygen atoms in total. The third kappa shape index (κ3) is 4.61. The Balaban J connectivity index is 1.17. The number of benzene rings is 3.